The highest BCUT2D eigenvalue weighted by Crippen LogP contribution is 2.64. The molecule has 4 aromatic carbocycles. The van der Waals surface area contributed by atoms with E-state index in [9.17, 15) is 0 Å². The van der Waals surface area contributed by atoms with Crippen LogP contribution in [0.1, 0.15) is 13.8 Å². The Hall–Kier alpha value is -2.74. The predicted molar refractivity (Wildman–Crippen MR) is 143 cm³/mol. The zero-order chi connectivity index (χ0) is 24.5. The maximum absolute atomic E-state index is 15.3. The van der Waals surface area contributed by atoms with Crippen molar-refractivity contribution in [3.63, 3.8) is 0 Å². The molecule has 1 heterocycles. The lowest BCUT2D eigenvalue weighted by atomic mass is 10.4. The Bertz CT molecular complexity index is 1180. The van der Waals surface area contributed by atoms with Gasteiger partial charge in [0, 0.05) is 21.2 Å². The Balaban J connectivity index is 1.78. The van der Waals surface area contributed by atoms with Crippen LogP contribution in [-0.4, -0.2) is 17.5 Å². The highest BCUT2D eigenvalue weighted by atomic mass is 31.2. The van der Waals surface area contributed by atoms with Crippen LogP contribution in [0.4, 0.5) is 0 Å². The zero-order valence-electron chi connectivity index (χ0n) is 19.7. The molecule has 1 fully saturated rings. The van der Waals surface area contributed by atoms with Crippen molar-refractivity contribution < 1.29 is 18.6 Å². The number of hydrogen-bond donors (Lipinski definition) is 0. The second-order valence-electron chi connectivity index (χ2n) is 9.07. The van der Waals surface area contributed by atoms with E-state index >= 15 is 9.13 Å². The average molecular weight is 502 g/mol. The van der Waals surface area contributed by atoms with Crippen LogP contribution in [0.25, 0.3) is 0 Å². The molecular weight excluding hydrogens is 474 g/mol. The number of ether oxygens (including phenoxy) is 2. The minimum absolute atomic E-state index is 0.648. The molecule has 1 aliphatic heterocycles. The van der Waals surface area contributed by atoms with E-state index in [1.807, 2.05) is 121 Å². The average Bonchev–Trinajstić information content (AvgIpc) is 3.26. The summed E-state index contributed by atoms with van der Waals surface area (Å²) in [6.07, 6.45) is 0. The first-order valence-corrected chi connectivity index (χ1v) is 15.2. The van der Waals surface area contributed by atoms with Gasteiger partial charge in [-0.15, -0.1) is 0 Å². The van der Waals surface area contributed by atoms with Gasteiger partial charge in [-0.3, -0.25) is 0 Å². The third-order valence-corrected chi connectivity index (χ3v) is 13.0. The van der Waals surface area contributed by atoms with Crippen LogP contribution in [0, 0.1) is 0 Å². The summed E-state index contributed by atoms with van der Waals surface area (Å²) in [4.78, 5) is 0. The highest BCUT2D eigenvalue weighted by Gasteiger charge is 2.59. The summed E-state index contributed by atoms with van der Waals surface area (Å²) in [6.45, 7) is 3.58. The number of benzene rings is 4. The topological polar surface area (TPSA) is 52.6 Å². The fourth-order valence-electron chi connectivity index (χ4n) is 4.72. The van der Waals surface area contributed by atoms with E-state index in [2.05, 4.69) is 0 Å². The van der Waals surface area contributed by atoms with Gasteiger partial charge in [0.25, 0.3) is 0 Å². The molecule has 2 atom stereocenters. The summed E-state index contributed by atoms with van der Waals surface area (Å²) in [5, 5.41) is 2.59. The molecule has 4 aromatic rings. The second kappa shape index (κ2) is 9.37. The molecule has 0 saturated carbocycles. The van der Waals surface area contributed by atoms with Gasteiger partial charge >= 0.3 is 0 Å². The summed E-state index contributed by atoms with van der Waals surface area (Å²) < 4.78 is 43.5. The van der Waals surface area contributed by atoms with E-state index in [1.54, 1.807) is 13.8 Å². The van der Waals surface area contributed by atoms with Crippen molar-refractivity contribution >= 4 is 35.5 Å². The van der Waals surface area contributed by atoms with Crippen LogP contribution in [-0.2, 0) is 18.6 Å². The molecule has 35 heavy (non-hydrogen) atoms. The molecule has 0 N–H and O–H groups in total. The Kier molecular flexibility index (Phi) is 6.42. The Morgan fingerprint density at radius 2 is 0.714 bits per heavy atom. The largest absolute Gasteiger partial charge is 0.336 e. The lowest BCUT2D eigenvalue weighted by Crippen LogP contribution is -2.37. The molecule has 1 saturated heterocycles. The Labute approximate surface area is 206 Å². The predicted octanol–water partition coefficient (Wildman–Crippen LogP) is 5.45. The third-order valence-electron chi connectivity index (χ3n) is 6.33. The van der Waals surface area contributed by atoms with Crippen molar-refractivity contribution in [2.45, 2.75) is 31.3 Å². The fraction of sp³-hybridized carbons (Fsp3) is 0.172. The minimum atomic E-state index is -3.46. The summed E-state index contributed by atoms with van der Waals surface area (Å²) >= 11 is 0. The van der Waals surface area contributed by atoms with Gasteiger partial charge < -0.3 is 18.6 Å². The molecule has 1 aliphatic rings. The van der Waals surface area contributed by atoms with Gasteiger partial charge in [-0.25, -0.2) is 0 Å². The van der Waals surface area contributed by atoms with Crippen molar-refractivity contribution in [2.75, 3.05) is 0 Å². The Morgan fingerprint density at radius 1 is 0.486 bits per heavy atom. The molecule has 0 radical (unpaired) electrons. The van der Waals surface area contributed by atoms with Gasteiger partial charge in [0.15, 0.2) is 31.8 Å². The highest BCUT2D eigenvalue weighted by molar-refractivity contribution is 7.83. The molecule has 4 nitrogen and oxygen atoms in total. The quantitative estimate of drug-likeness (QED) is 0.329. The molecule has 0 bridgehead atoms. The molecule has 0 aromatic heterocycles. The van der Waals surface area contributed by atoms with Gasteiger partial charge in [0.1, 0.15) is 0 Å². The molecule has 178 valence electrons. The first kappa shape index (κ1) is 24.0. The van der Waals surface area contributed by atoms with Crippen LogP contribution in [0.5, 0.6) is 0 Å². The van der Waals surface area contributed by atoms with Crippen LogP contribution >= 0.6 is 14.3 Å². The Morgan fingerprint density at radius 3 is 0.943 bits per heavy atom. The van der Waals surface area contributed by atoms with Crippen LogP contribution in [0.2, 0.25) is 0 Å². The van der Waals surface area contributed by atoms with Crippen molar-refractivity contribution in [2.24, 2.45) is 0 Å². The van der Waals surface area contributed by atoms with Gasteiger partial charge in [0.05, 0.1) is 0 Å². The molecule has 2 unspecified atom stereocenters. The van der Waals surface area contributed by atoms with E-state index in [-0.39, 0.29) is 0 Å². The van der Waals surface area contributed by atoms with E-state index < -0.39 is 31.8 Å². The molecule has 5 rings (SSSR count). The third kappa shape index (κ3) is 4.26. The first-order valence-electron chi connectivity index (χ1n) is 11.6. The SMILES string of the molecule is CC1(C)OC(P(=O)(c2ccccc2)c2ccccc2)C(P(=O)(c2ccccc2)c2ccccc2)O1. The van der Waals surface area contributed by atoms with E-state index in [0.29, 0.717) is 21.2 Å². The monoisotopic (exact) mass is 502 g/mol. The fourth-order valence-corrected chi connectivity index (χ4v) is 11.7. The summed E-state index contributed by atoms with van der Waals surface area (Å²) in [5.41, 5.74) is 0. The van der Waals surface area contributed by atoms with Crippen molar-refractivity contribution in [1.82, 2.24) is 0 Å². The summed E-state index contributed by atoms with van der Waals surface area (Å²) in [7, 11) is -6.93. The molecule has 0 aliphatic carbocycles. The zero-order valence-corrected chi connectivity index (χ0v) is 21.5. The maximum Gasteiger partial charge on any atom is 0.173 e. The first-order chi connectivity index (χ1) is 16.9. The lowest BCUT2D eigenvalue weighted by Gasteiger charge is -2.32. The minimum Gasteiger partial charge on any atom is -0.336 e. The molecule has 0 spiro atoms. The van der Waals surface area contributed by atoms with Crippen molar-refractivity contribution in [1.29, 1.82) is 0 Å². The van der Waals surface area contributed by atoms with Crippen molar-refractivity contribution in [3.8, 4) is 0 Å². The molecule has 6 heteroatoms. The standard InChI is InChI=1S/C29H28O4P2/c1-29(2)32-27(34(30,23-15-7-3-8-16-23)24-17-9-4-10-18-24)28(33-29)35(31,25-19-11-5-12-20-25)26-21-13-6-14-22-26/h3-22,27-28H,1-2H3. The van der Waals surface area contributed by atoms with Gasteiger partial charge in [-0.05, 0) is 13.8 Å². The van der Waals surface area contributed by atoms with E-state index in [4.69, 9.17) is 9.47 Å². The van der Waals surface area contributed by atoms with E-state index in [0.717, 1.165) is 0 Å². The number of hydrogen-bond acceptors (Lipinski definition) is 4. The summed E-state index contributed by atoms with van der Waals surface area (Å²) in [6, 6.07) is 37.4. The molecular formula is C29H28O4P2. The van der Waals surface area contributed by atoms with Gasteiger partial charge in [0.2, 0.25) is 0 Å². The normalized spacial score (nSPS) is 19.9. The number of rotatable bonds is 6. The maximum atomic E-state index is 15.3. The second-order valence-corrected chi connectivity index (χ2v) is 14.8. The summed E-state index contributed by atoms with van der Waals surface area (Å²) in [5.74, 6) is -2.98. The van der Waals surface area contributed by atoms with Crippen LogP contribution in [0.15, 0.2) is 121 Å². The van der Waals surface area contributed by atoms with Gasteiger partial charge in [-0.1, -0.05) is 121 Å². The molecule has 0 amide bonds. The smallest absolute Gasteiger partial charge is 0.173 e. The van der Waals surface area contributed by atoms with Gasteiger partial charge in [-0.2, -0.15) is 0 Å². The van der Waals surface area contributed by atoms with Crippen LogP contribution < -0.4 is 21.2 Å². The van der Waals surface area contributed by atoms with Crippen molar-refractivity contribution in [3.05, 3.63) is 121 Å². The van der Waals surface area contributed by atoms with E-state index in [1.165, 1.54) is 0 Å². The van der Waals surface area contributed by atoms with Crippen LogP contribution in [0.3, 0.4) is 0 Å². The lowest BCUT2D eigenvalue weighted by molar-refractivity contribution is -0.133.